The van der Waals surface area contributed by atoms with Crippen LogP contribution in [0.3, 0.4) is 0 Å². The van der Waals surface area contributed by atoms with Crippen molar-refractivity contribution in [3.05, 3.63) is 57.9 Å². The first-order valence-corrected chi connectivity index (χ1v) is 10.9. The summed E-state index contributed by atoms with van der Waals surface area (Å²) in [5, 5.41) is 19.9. The molecule has 1 aromatic heterocycles. The van der Waals surface area contributed by atoms with E-state index in [1.54, 1.807) is 18.3 Å². The van der Waals surface area contributed by atoms with E-state index in [-0.39, 0.29) is 18.3 Å². The number of β-amino-alcohol motifs (C(OH)–C–C–N with tert-alkyl or cyclic N) is 1. The fourth-order valence-corrected chi connectivity index (χ4v) is 4.78. The fraction of sp³-hybridized carbons (Fsp3) is 0.250. The summed E-state index contributed by atoms with van der Waals surface area (Å²) in [5.74, 6) is 0.165. The minimum absolute atomic E-state index is 0.0438. The van der Waals surface area contributed by atoms with Gasteiger partial charge >= 0.3 is 0 Å². The van der Waals surface area contributed by atoms with Gasteiger partial charge in [-0.3, -0.25) is 0 Å². The van der Waals surface area contributed by atoms with Gasteiger partial charge in [0.2, 0.25) is 0 Å². The van der Waals surface area contributed by atoms with Crippen LogP contribution in [0.2, 0.25) is 5.02 Å². The average Bonchev–Trinajstić information content (AvgIpc) is 3.32. The van der Waals surface area contributed by atoms with Crippen LogP contribution in [0.4, 0.5) is 4.39 Å². The number of benzene rings is 2. The molecule has 1 aliphatic heterocycles. The number of hydrogen-bond donors (Lipinski definition) is 3. The van der Waals surface area contributed by atoms with Crippen LogP contribution >= 0.6 is 39.5 Å². The number of hydrogen-bond acceptors (Lipinski definition) is 5. The van der Waals surface area contributed by atoms with Crippen LogP contribution < -0.4 is 0 Å². The fourth-order valence-electron chi connectivity index (χ4n) is 3.21. The molecule has 2 unspecified atom stereocenters. The molecule has 152 valence electrons. The maximum absolute atomic E-state index is 13.8. The second kappa shape index (κ2) is 8.75. The number of nitrogens with zero attached hydrogens (tertiary/aromatic N) is 2. The lowest BCUT2D eigenvalue weighted by molar-refractivity contribution is 0.104. The Balaban J connectivity index is 1.56. The Morgan fingerprint density at radius 1 is 1.24 bits per heavy atom. The number of halogens is 3. The maximum Gasteiger partial charge on any atom is 0.138 e. The van der Waals surface area contributed by atoms with E-state index in [4.69, 9.17) is 11.6 Å². The minimum atomic E-state index is -0.548. The molecule has 9 heteroatoms. The highest BCUT2D eigenvalue weighted by molar-refractivity contribution is 9.10. The van der Waals surface area contributed by atoms with E-state index in [1.807, 2.05) is 22.5 Å². The molecule has 4 rings (SSSR count). The summed E-state index contributed by atoms with van der Waals surface area (Å²) in [5.41, 5.74) is 2.26. The first kappa shape index (κ1) is 20.8. The van der Waals surface area contributed by atoms with Crippen molar-refractivity contribution in [1.29, 1.82) is 0 Å². The minimum Gasteiger partial charge on any atom is -0.396 e. The summed E-state index contributed by atoms with van der Waals surface area (Å²) >= 11 is 11.0. The quantitative estimate of drug-likeness (QED) is 0.449. The normalized spacial score (nSPS) is 19.8. The summed E-state index contributed by atoms with van der Waals surface area (Å²) < 4.78 is 16.2. The number of aliphatic hydroxyl groups excluding tert-OH is 2. The van der Waals surface area contributed by atoms with Crippen LogP contribution in [0.5, 0.6) is 0 Å². The summed E-state index contributed by atoms with van der Waals surface area (Å²) in [6.45, 7) is 1.01. The van der Waals surface area contributed by atoms with Crippen molar-refractivity contribution in [2.75, 3.05) is 19.7 Å². The highest BCUT2D eigenvalue weighted by Crippen LogP contribution is 2.36. The third-order valence-corrected chi connectivity index (χ3v) is 7.02. The van der Waals surface area contributed by atoms with Crippen molar-refractivity contribution in [1.82, 2.24) is 14.3 Å². The highest BCUT2D eigenvalue weighted by Gasteiger charge is 2.31. The SMILES string of the molecule is OCC1CN(Sc2cc(-c3ncc(-c4ccc(Br)c(F)c4)[nH]3)ccc2Cl)CC1O. The average molecular weight is 499 g/mol. The molecule has 0 saturated carbocycles. The predicted octanol–water partition coefficient (Wildman–Crippen LogP) is 4.59. The smallest absolute Gasteiger partial charge is 0.138 e. The van der Waals surface area contributed by atoms with E-state index in [0.717, 1.165) is 10.5 Å². The number of H-pyrrole nitrogens is 1. The van der Waals surface area contributed by atoms with Gasteiger partial charge in [0, 0.05) is 41.6 Å². The zero-order valence-corrected chi connectivity index (χ0v) is 18.3. The van der Waals surface area contributed by atoms with Gasteiger partial charge in [-0.1, -0.05) is 17.7 Å². The molecule has 0 bridgehead atoms. The molecule has 2 heterocycles. The van der Waals surface area contributed by atoms with Crippen molar-refractivity contribution < 1.29 is 14.6 Å². The van der Waals surface area contributed by atoms with Crippen LogP contribution in [-0.2, 0) is 0 Å². The molecular weight excluding hydrogens is 481 g/mol. The van der Waals surface area contributed by atoms with Gasteiger partial charge in [0.05, 0.1) is 27.5 Å². The molecule has 1 aliphatic rings. The van der Waals surface area contributed by atoms with Crippen LogP contribution in [0.15, 0.2) is 52.0 Å². The number of aliphatic hydroxyl groups is 2. The lowest BCUT2D eigenvalue weighted by Gasteiger charge is -2.15. The van der Waals surface area contributed by atoms with Gasteiger partial charge in [0.25, 0.3) is 0 Å². The van der Waals surface area contributed by atoms with Crippen LogP contribution in [0.25, 0.3) is 22.6 Å². The Morgan fingerprint density at radius 2 is 2.03 bits per heavy atom. The highest BCUT2D eigenvalue weighted by atomic mass is 79.9. The number of nitrogens with one attached hydrogen (secondary N) is 1. The Morgan fingerprint density at radius 3 is 2.76 bits per heavy atom. The van der Waals surface area contributed by atoms with Gasteiger partial charge in [-0.25, -0.2) is 13.7 Å². The Bertz CT molecular complexity index is 1030. The van der Waals surface area contributed by atoms with Crippen molar-refractivity contribution >= 4 is 39.5 Å². The van der Waals surface area contributed by atoms with Gasteiger partial charge in [0.1, 0.15) is 11.6 Å². The van der Waals surface area contributed by atoms with Gasteiger partial charge in [-0.15, -0.1) is 0 Å². The molecule has 0 radical (unpaired) electrons. The molecule has 0 amide bonds. The molecule has 1 saturated heterocycles. The second-order valence-electron chi connectivity index (χ2n) is 6.87. The van der Waals surface area contributed by atoms with Crippen molar-refractivity contribution in [3.8, 4) is 22.6 Å². The van der Waals surface area contributed by atoms with Gasteiger partial charge in [0.15, 0.2) is 0 Å². The van der Waals surface area contributed by atoms with Crippen molar-refractivity contribution in [2.24, 2.45) is 5.92 Å². The predicted molar refractivity (Wildman–Crippen MR) is 116 cm³/mol. The van der Waals surface area contributed by atoms with E-state index in [1.165, 1.54) is 18.0 Å². The number of aromatic nitrogens is 2. The Labute approximate surface area is 185 Å². The standard InChI is InChI=1S/C20H18BrClFN3O2S/c21-14-3-1-11(5-16(14)23)17-7-24-20(25-17)12-2-4-15(22)19(6-12)29-26-8-13(10-27)18(28)9-26/h1-7,13,18,27-28H,8-10H2,(H,24,25). The molecule has 3 N–H and O–H groups in total. The molecule has 2 aromatic carbocycles. The van der Waals surface area contributed by atoms with Gasteiger partial charge in [-0.2, -0.15) is 0 Å². The van der Waals surface area contributed by atoms with Crippen molar-refractivity contribution in [2.45, 2.75) is 11.0 Å². The third kappa shape index (κ3) is 4.52. The van der Waals surface area contributed by atoms with Crippen LogP contribution in [0.1, 0.15) is 0 Å². The van der Waals surface area contributed by atoms with E-state index in [2.05, 4.69) is 25.9 Å². The van der Waals surface area contributed by atoms with E-state index in [0.29, 0.717) is 39.7 Å². The van der Waals surface area contributed by atoms with Crippen molar-refractivity contribution in [3.63, 3.8) is 0 Å². The first-order chi connectivity index (χ1) is 13.9. The third-order valence-electron chi connectivity index (χ3n) is 4.85. The number of aromatic amines is 1. The molecule has 1 fully saturated rings. The summed E-state index contributed by atoms with van der Waals surface area (Å²) in [6, 6.07) is 10.5. The molecular formula is C20H18BrClFN3O2S. The molecule has 0 spiro atoms. The number of rotatable bonds is 5. The summed E-state index contributed by atoms with van der Waals surface area (Å²) in [4.78, 5) is 8.49. The molecule has 3 aromatic rings. The van der Waals surface area contributed by atoms with Gasteiger partial charge in [-0.05, 0) is 58.2 Å². The zero-order chi connectivity index (χ0) is 20.5. The Hall–Kier alpha value is -1.42. The lowest BCUT2D eigenvalue weighted by Crippen LogP contribution is -2.20. The van der Waals surface area contributed by atoms with Gasteiger partial charge < -0.3 is 15.2 Å². The molecule has 0 aliphatic carbocycles. The van der Waals surface area contributed by atoms with E-state index in [9.17, 15) is 14.6 Å². The summed E-state index contributed by atoms with van der Waals surface area (Å²) in [6.07, 6.45) is 1.12. The largest absolute Gasteiger partial charge is 0.396 e. The first-order valence-electron chi connectivity index (χ1n) is 8.97. The summed E-state index contributed by atoms with van der Waals surface area (Å²) in [7, 11) is 0. The lowest BCUT2D eigenvalue weighted by atomic mass is 10.1. The topological polar surface area (TPSA) is 72.4 Å². The maximum atomic E-state index is 13.8. The van der Waals surface area contributed by atoms with E-state index >= 15 is 0 Å². The monoisotopic (exact) mass is 497 g/mol. The Kier molecular flexibility index (Phi) is 6.29. The zero-order valence-electron chi connectivity index (χ0n) is 15.1. The molecule has 5 nitrogen and oxygen atoms in total. The molecule has 2 atom stereocenters. The van der Waals surface area contributed by atoms with E-state index < -0.39 is 6.10 Å². The number of imidazole rings is 1. The van der Waals surface area contributed by atoms with Crippen LogP contribution in [-0.4, -0.2) is 50.3 Å². The molecule has 29 heavy (non-hydrogen) atoms. The second-order valence-corrected chi connectivity index (χ2v) is 9.27. The van der Waals surface area contributed by atoms with Crippen LogP contribution in [0, 0.1) is 11.7 Å².